The second-order valence-electron chi connectivity index (χ2n) is 11.3. The molecule has 0 unspecified atom stereocenters. The highest BCUT2D eigenvalue weighted by Gasteiger charge is 2.40. The predicted octanol–water partition coefficient (Wildman–Crippen LogP) is 3.43. The van der Waals surface area contributed by atoms with Crippen molar-refractivity contribution >= 4 is 23.4 Å². The second kappa shape index (κ2) is 9.45. The molecule has 4 N–H and O–H groups in total. The zero-order valence-electron chi connectivity index (χ0n) is 20.2. The molecule has 7 nitrogen and oxygen atoms in total. The number of benzene rings is 1. The van der Waals surface area contributed by atoms with Crippen molar-refractivity contribution in [1.29, 1.82) is 0 Å². The summed E-state index contributed by atoms with van der Waals surface area (Å²) in [5.41, 5.74) is 8.70. The van der Waals surface area contributed by atoms with E-state index in [4.69, 9.17) is 5.73 Å². The number of amides is 3. The van der Waals surface area contributed by atoms with Crippen molar-refractivity contribution in [2.45, 2.75) is 84.3 Å². The van der Waals surface area contributed by atoms with Crippen LogP contribution in [0.15, 0.2) is 18.2 Å². The quantitative estimate of drug-likeness (QED) is 0.571. The Bertz CT molecular complexity index is 915. The Morgan fingerprint density at radius 1 is 1.12 bits per heavy atom. The third kappa shape index (κ3) is 5.24. The lowest BCUT2D eigenvalue weighted by Crippen LogP contribution is -2.52. The molecule has 1 aromatic rings. The molecule has 2 aliphatic heterocycles. The third-order valence-electron chi connectivity index (χ3n) is 7.55. The topological polar surface area (TPSA) is 105 Å². The molecule has 0 bridgehead atoms. The average molecular weight is 455 g/mol. The van der Waals surface area contributed by atoms with Crippen molar-refractivity contribution < 1.29 is 14.4 Å². The van der Waals surface area contributed by atoms with Crippen molar-refractivity contribution in [3.63, 3.8) is 0 Å². The van der Waals surface area contributed by atoms with Crippen molar-refractivity contribution in [3.05, 3.63) is 29.3 Å². The summed E-state index contributed by atoms with van der Waals surface area (Å²) >= 11 is 0. The number of anilines is 1. The van der Waals surface area contributed by atoms with Crippen LogP contribution in [0.5, 0.6) is 0 Å². The number of hydrogen-bond donors (Lipinski definition) is 3. The summed E-state index contributed by atoms with van der Waals surface area (Å²) in [5.74, 6) is 0.448. The molecule has 2 fully saturated rings. The van der Waals surface area contributed by atoms with Gasteiger partial charge in [-0.2, -0.15) is 0 Å². The molecule has 0 aromatic heterocycles. The SMILES string of the molecule is CC(C)(C)C[C@H](Nc1cccc2c1CN([C@H]1CCC(=O)NC1=O)C2=O)C1CCC(CN)CC1. The molecule has 1 aliphatic carbocycles. The van der Waals surface area contributed by atoms with Crippen LogP contribution in [-0.4, -0.2) is 41.2 Å². The number of carbonyl (C=O) groups excluding carboxylic acids is 3. The number of nitrogens with two attached hydrogens (primary N) is 1. The largest absolute Gasteiger partial charge is 0.382 e. The molecule has 4 rings (SSSR count). The van der Waals surface area contributed by atoms with Crippen LogP contribution < -0.4 is 16.4 Å². The van der Waals surface area contributed by atoms with Gasteiger partial charge in [0.2, 0.25) is 11.8 Å². The first-order chi connectivity index (χ1) is 15.7. The molecule has 2 heterocycles. The minimum atomic E-state index is -0.590. The molecule has 180 valence electrons. The number of nitrogens with zero attached hydrogens (tertiary/aromatic N) is 1. The lowest BCUT2D eigenvalue weighted by molar-refractivity contribution is -0.136. The molecular weight excluding hydrogens is 416 g/mol. The highest BCUT2D eigenvalue weighted by atomic mass is 16.2. The first kappa shape index (κ1) is 23.7. The van der Waals surface area contributed by atoms with E-state index in [1.807, 2.05) is 12.1 Å². The Kier molecular flexibility index (Phi) is 6.80. The van der Waals surface area contributed by atoms with Crippen LogP contribution >= 0.6 is 0 Å². The van der Waals surface area contributed by atoms with Gasteiger partial charge in [0, 0.05) is 35.8 Å². The van der Waals surface area contributed by atoms with Crippen LogP contribution in [0.25, 0.3) is 0 Å². The van der Waals surface area contributed by atoms with Crippen LogP contribution in [-0.2, 0) is 16.1 Å². The van der Waals surface area contributed by atoms with Crippen molar-refractivity contribution in [2.24, 2.45) is 23.0 Å². The van der Waals surface area contributed by atoms with Gasteiger partial charge in [-0.15, -0.1) is 0 Å². The summed E-state index contributed by atoms with van der Waals surface area (Å²) < 4.78 is 0. The minimum absolute atomic E-state index is 0.126. The number of imide groups is 1. The fourth-order valence-electron chi connectivity index (χ4n) is 5.74. The molecule has 1 saturated carbocycles. The number of carbonyl (C=O) groups is 3. The average Bonchev–Trinajstić information content (AvgIpc) is 3.10. The Balaban J connectivity index is 1.55. The predicted molar refractivity (Wildman–Crippen MR) is 128 cm³/mol. The van der Waals surface area contributed by atoms with Gasteiger partial charge < -0.3 is 16.0 Å². The van der Waals surface area contributed by atoms with E-state index >= 15 is 0 Å². The Labute approximate surface area is 196 Å². The summed E-state index contributed by atoms with van der Waals surface area (Å²) in [4.78, 5) is 38.8. The van der Waals surface area contributed by atoms with Crippen molar-refractivity contribution in [1.82, 2.24) is 10.2 Å². The molecule has 1 aromatic carbocycles. The van der Waals surface area contributed by atoms with Gasteiger partial charge in [0.1, 0.15) is 6.04 Å². The summed E-state index contributed by atoms with van der Waals surface area (Å²) in [7, 11) is 0. The van der Waals surface area contributed by atoms with E-state index in [9.17, 15) is 14.4 Å². The van der Waals surface area contributed by atoms with Crippen molar-refractivity contribution in [2.75, 3.05) is 11.9 Å². The smallest absolute Gasteiger partial charge is 0.255 e. The molecule has 33 heavy (non-hydrogen) atoms. The molecule has 0 radical (unpaired) electrons. The standard InChI is InChI=1S/C26H38N4O3/c1-26(2,3)13-21(17-9-7-16(14-27)8-10-17)28-20-6-4-5-18-19(20)15-30(25(18)33)22-11-12-23(31)29-24(22)32/h4-6,16-17,21-22,28H,7-15,27H2,1-3H3,(H,29,31,32)/t16?,17?,21-,22-/m0/s1. The highest BCUT2D eigenvalue weighted by molar-refractivity contribution is 6.06. The first-order valence-corrected chi connectivity index (χ1v) is 12.4. The van der Waals surface area contributed by atoms with E-state index in [1.54, 1.807) is 4.90 Å². The monoisotopic (exact) mass is 454 g/mol. The maximum atomic E-state index is 13.2. The van der Waals surface area contributed by atoms with Gasteiger partial charge in [-0.25, -0.2) is 0 Å². The van der Waals surface area contributed by atoms with E-state index in [0.29, 0.717) is 36.4 Å². The highest BCUT2D eigenvalue weighted by Crippen LogP contribution is 2.38. The van der Waals surface area contributed by atoms with Gasteiger partial charge in [-0.3, -0.25) is 19.7 Å². The Morgan fingerprint density at radius 3 is 2.48 bits per heavy atom. The summed E-state index contributed by atoms with van der Waals surface area (Å²) in [5, 5.41) is 6.22. The molecule has 3 amide bonds. The third-order valence-corrected chi connectivity index (χ3v) is 7.55. The fraction of sp³-hybridized carbons (Fsp3) is 0.654. The summed E-state index contributed by atoms with van der Waals surface area (Å²) in [6, 6.07) is 5.55. The van der Waals surface area contributed by atoms with E-state index in [-0.39, 0.29) is 29.6 Å². The van der Waals surface area contributed by atoms with Gasteiger partial charge in [-0.1, -0.05) is 26.8 Å². The van der Waals surface area contributed by atoms with E-state index < -0.39 is 6.04 Å². The minimum Gasteiger partial charge on any atom is -0.382 e. The number of nitrogens with one attached hydrogen (secondary N) is 2. The van der Waals surface area contributed by atoms with Gasteiger partial charge in [0.25, 0.3) is 5.91 Å². The maximum absolute atomic E-state index is 13.2. The van der Waals surface area contributed by atoms with Crippen molar-refractivity contribution in [3.8, 4) is 0 Å². The molecule has 2 atom stereocenters. The zero-order chi connectivity index (χ0) is 23.8. The first-order valence-electron chi connectivity index (χ1n) is 12.4. The normalized spacial score (nSPS) is 26.7. The van der Waals surface area contributed by atoms with E-state index in [0.717, 1.165) is 24.2 Å². The van der Waals surface area contributed by atoms with Crippen LogP contribution in [0.4, 0.5) is 5.69 Å². The Morgan fingerprint density at radius 2 is 1.85 bits per heavy atom. The summed E-state index contributed by atoms with van der Waals surface area (Å²) in [6.45, 7) is 7.99. The number of piperidine rings is 1. The van der Waals surface area contributed by atoms with Gasteiger partial charge in [0.15, 0.2) is 0 Å². The van der Waals surface area contributed by atoms with Gasteiger partial charge in [0.05, 0.1) is 0 Å². The van der Waals surface area contributed by atoms with Crippen LogP contribution in [0, 0.1) is 17.3 Å². The molecule has 3 aliphatic rings. The van der Waals surface area contributed by atoms with E-state index in [1.165, 1.54) is 25.7 Å². The lowest BCUT2D eigenvalue weighted by Gasteiger charge is -2.38. The molecular formula is C26H38N4O3. The number of fused-ring (bicyclic) bond motifs is 1. The number of rotatable bonds is 6. The second-order valence-corrected chi connectivity index (χ2v) is 11.3. The summed E-state index contributed by atoms with van der Waals surface area (Å²) in [6.07, 6.45) is 6.39. The van der Waals surface area contributed by atoms with Gasteiger partial charge in [-0.05, 0) is 74.5 Å². The fourth-order valence-corrected chi connectivity index (χ4v) is 5.74. The lowest BCUT2D eigenvalue weighted by atomic mass is 9.74. The van der Waals surface area contributed by atoms with Crippen LogP contribution in [0.1, 0.15) is 81.6 Å². The number of hydrogen-bond acceptors (Lipinski definition) is 5. The molecule has 0 spiro atoms. The molecule has 7 heteroatoms. The zero-order valence-corrected chi connectivity index (χ0v) is 20.2. The Hall–Kier alpha value is -2.41. The van der Waals surface area contributed by atoms with E-state index in [2.05, 4.69) is 37.5 Å². The van der Waals surface area contributed by atoms with Crippen LogP contribution in [0.2, 0.25) is 0 Å². The van der Waals surface area contributed by atoms with Crippen LogP contribution in [0.3, 0.4) is 0 Å². The molecule has 1 saturated heterocycles. The van der Waals surface area contributed by atoms with Gasteiger partial charge >= 0.3 is 0 Å². The maximum Gasteiger partial charge on any atom is 0.255 e.